The molecule has 0 spiro atoms. The number of hydrogen-bond acceptors (Lipinski definition) is 4. The number of primary amides is 1. The SMILES string of the molecule is CC(C)C(NC(=O)c1ncccc1O)C(N)=O. The van der Waals surface area contributed by atoms with Crippen molar-refractivity contribution in [1.82, 2.24) is 10.3 Å². The summed E-state index contributed by atoms with van der Waals surface area (Å²) in [4.78, 5) is 26.6. The van der Waals surface area contributed by atoms with Gasteiger partial charge in [-0.15, -0.1) is 0 Å². The number of nitrogens with two attached hydrogens (primary N) is 1. The third kappa shape index (κ3) is 3.17. The Hall–Kier alpha value is -2.11. The first kappa shape index (κ1) is 13.0. The van der Waals surface area contributed by atoms with E-state index in [1.165, 1.54) is 18.3 Å². The fourth-order valence-electron chi connectivity index (χ4n) is 1.35. The largest absolute Gasteiger partial charge is 0.505 e. The van der Waals surface area contributed by atoms with E-state index in [4.69, 9.17) is 5.73 Å². The van der Waals surface area contributed by atoms with Crippen LogP contribution >= 0.6 is 0 Å². The normalized spacial score (nSPS) is 12.2. The number of aromatic nitrogens is 1. The van der Waals surface area contributed by atoms with Crippen LogP contribution in [0.1, 0.15) is 24.3 Å². The summed E-state index contributed by atoms with van der Waals surface area (Å²) in [6.45, 7) is 3.52. The Bertz CT molecular complexity index is 432. The lowest BCUT2D eigenvalue weighted by atomic mass is 10.0. The van der Waals surface area contributed by atoms with Crippen molar-refractivity contribution in [1.29, 1.82) is 0 Å². The summed E-state index contributed by atoms with van der Waals surface area (Å²) < 4.78 is 0. The number of amides is 2. The Morgan fingerprint density at radius 2 is 2.12 bits per heavy atom. The van der Waals surface area contributed by atoms with Gasteiger partial charge >= 0.3 is 0 Å². The zero-order chi connectivity index (χ0) is 13.0. The molecule has 6 nitrogen and oxygen atoms in total. The van der Waals surface area contributed by atoms with Crippen LogP contribution in [-0.4, -0.2) is 27.9 Å². The van der Waals surface area contributed by atoms with Crippen LogP contribution in [0.4, 0.5) is 0 Å². The number of carbonyl (C=O) groups is 2. The quantitative estimate of drug-likeness (QED) is 0.686. The average molecular weight is 237 g/mol. The van der Waals surface area contributed by atoms with Crippen molar-refractivity contribution in [2.75, 3.05) is 0 Å². The summed E-state index contributed by atoms with van der Waals surface area (Å²) in [5.74, 6) is -1.62. The van der Waals surface area contributed by atoms with Gasteiger partial charge in [0.05, 0.1) is 0 Å². The molecule has 1 heterocycles. The van der Waals surface area contributed by atoms with E-state index in [0.29, 0.717) is 0 Å². The van der Waals surface area contributed by atoms with Gasteiger partial charge in [-0.1, -0.05) is 13.8 Å². The maximum absolute atomic E-state index is 11.7. The third-order valence-electron chi connectivity index (χ3n) is 2.26. The van der Waals surface area contributed by atoms with Gasteiger partial charge in [0, 0.05) is 6.20 Å². The number of carbonyl (C=O) groups excluding carboxylic acids is 2. The highest BCUT2D eigenvalue weighted by Crippen LogP contribution is 2.13. The molecular weight excluding hydrogens is 222 g/mol. The lowest BCUT2D eigenvalue weighted by Gasteiger charge is -2.18. The molecule has 1 unspecified atom stereocenters. The molecule has 1 aromatic rings. The second-order valence-corrected chi connectivity index (χ2v) is 3.97. The predicted octanol–water partition coefficient (Wildman–Crippen LogP) is 0.0269. The number of aromatic hydroxyl groups is 1. The monoisotopic (exact) mass is 237 g/mol. The van der Waals surface area contributed by atoms with E-state index < -0.39 is 17.9 Å². The van der Waals surface area contributed by atoms with Gasteiger partial charge in [0.15, 0.2) is 5.69 Å². The van der Waals surface area contributed by atoms with E-state index in [9.17, 15) is 14.7 Å². The van der Waals surface area contributed by atoms with Crippen LogP contribution in [0.3, 0.4) is 0 Å². The molecular formula is C11H15N3O3. The average Bonchev–Trinajstić information content (AvgIpc) is 2.25. The highest BCUT2D eigenvalue weighted by Gasteiger charge is 2.23. The summed E-state index contributed by atoms with van der Waals surface area (Å²) in [7, 11) is 0. The van der Waals surface area contributed by atoms with Crippen molar-refractivity contribution < 1.29 is 14.7 Å². The van der Waals surface area contributed by atoms with Crippen LogP contribution in [0.25, 0.3) is 0 Å². The summed E-state index contributed by atoms with van der Waals surface area (Å²) >= 11 is 0. The minimum absolute atomic E-state index is 0.126. The third-order valence-corrected chi connectivity index (χ3v) is 2.26. The molecule has 0 aliphatic carbocycles. The predicted molar refractivity (Wildman–Crippen MR) is 61.2 cm³/mol. The number of nitrogens with zero attached hydrogens (tertiary/aromatic N) is 1. The molecule has 1 aromatic heterocycles. The number of rotatable bonds is 4. The van der Waals surface area contributed by atoms with Gasteiger partial charge in [-0.25, -0.2) is 4.98 Å². The highest BCUT2D eigenvalue weighted by molar-refractivity contribution is 5.97. The molecule has 0 fully saturated rings. The molecule has 6 heteroatoms. The van der Waals surface area contributed by atoms with Crippen LogP contribution in [0.15, 0.2) is 18.3 Å². The fourth-order valence-corrected chi connectivity index (χ4v) is 1.35. The minimum Gasteiger partial charge on any atom is -0.505 e. The smallest absolute Gasteiger partial charge is 0.274 e. The van der Waals surface area contributed by atoms with Crippen molar-refractivity contribution in [3.8, 4) is 5.75 Å². The molecule has 0 radical (unpaired) electrons. The van der Waals surface area contributed by atoms with Crippen molar-refractivity contribution in [3.63, 3.8) is 0 Å². The molecule has 0 bridgehead atoms. The number of hydrogen-bond donors (Lipinski definition) is 3. The molecule has 0 aliphatic rings. The van der Waals surface area contributed by atoms with Crippen LogP contribution < -0.4 is 11.1 Å². The first-order valence-electron chi connectivity index (χ1n) is 5.17. The second-order valence-electron chi connectivity index (χ2n) is 3.97. The topological polar surface area (TPSA) is 105 Å². The van der Waals surface area contributed by atoms with Gasteiger partial charge < -0.3 is 16.2 Å². The Morgan fingerprint density at radius 3 is 2.59 bits per heavy atom. The molecule has 0 aliphatic heterocycles. The molecule has 1 atom stereocenters. The first-order chi connectivity index (χ1) is 7.93. The van der Waals surface area contributed by atoms with Crippen molar-refractivity contribution in [2.45, 2.75) is 19.9 Å². The Balaban J connectivity index is 2.85. The van der Waals surface area contributed by atoms with Gasteiger partial charge in [0.25, 0.3) is 5.91 Å². The van der Waals surface area contributed by atoms with E-state index in [-0.39, 0.29) is 17.4 Å². The lowest BCUT2D eigenvalue weighted by molar-refractivity contribution is -0.120. The van der Waals surface area contributed by atoms with E-state index in [0.717, 1.165) is 0 Å². The van der Waals surface area contributed by atoms with Crippen LogP contribution in [0.2, 0.25) is 0 Å². The summed E-state index contributed by atoms with van der Waals surface area (Å²) in [5, 5.41) is 11.9. The molecule has 0 aromatic carbocycles. The van der Waals surface area contributed by atoms with Crippen molar-refractivity contribution in [2.24, 2.45) is 11.7 Å². The Labute approximate surface area is 98.8 Å². The van der Waals surface area contributed by atoms with Crippen molar-refractivity contribution >= 4 is 11.8 Å². The van der Waals surface area contributed by atoms with Crippen molar-refractivity contribution in [3.05, 3.63) is 24.0 Å². The van der Waals surface area contributed by atoms with Gasteiger partial charge in [0.1, 0.15) is 11.8 Å². The fraction of sp³-hybridized carbons (Fsp3) is 0.364. The maximum Gasteiger partial charge on any atom is 0.274 e. The van der Waals surface area contributed by atoms with Gasteiger partial charge in [-0.05, 0) is 18.1 Å². The van der Waals surface area contributed by atoms with E-state index in [1.54, 1.807) is 13.8 Å². The van der Waals surface area contributed by atoms with E-state index in [2.05, 4.69) is 10.3 Å². The maximum atomic E-state index is 11.7. The second kappa shape index (κ2) is 5.29. The number of pyridine rings is 1. The van der Waals surface area contributed by atoms with Crippen LogP contribution in [0.5, 0.6) is 5.75 Å². The van der Waals surface area contributed by atoms with Gasteiger partial charge in [-0.3, -0.25) is 9.59 Å². The summed E-state index contributed by atoms with van der Waals surface area (Å²) in [6.07, 6.45) is 1.38. The van der Waals surface area contributed by atoms with Gasteiger partial charge in [-0.2, -0.15) is 0 Å². The first-order valence-corrected chi connectivity index (χ1v) is 5.17. The zero-order valence-electron chi connectivity index (χ0n) is 9.68. The molecule has 17 heavy (non-hydrogen) atoms. The molecule has 1 rings (SSSR count). The van der Waals surface area contributed by atoms with E-state index >= 15 is 0 Å². The van der Waals surface area contributed by atoms with Gasteiger partial charge in [0.2, 0.25) is 5.91 Å². The molecule has 92 valence electrons. The highest BCUT2D eigenvalue weighted by atomic mass is 16.3. The zero-order valence-corrected chi connectivity index (χ0v) is 9.68. The summed E-state index contributed by atoms with van der Waals surface area (Å²) in [5.41, 5.74) is 5.04. The molecule has 4 N–H and O–H groups in total. The minimum atomic E-state index is -0.788. The van der Waals surface area contributed by atoms with Crippen LogP contribution in [0, 0.1) is 5.92 Å². The Kier molecular flexibility index (Phi) is 4.03. The standard InChI is InChI=1S/C11H15N3O3/c1-6(2)8(10(12)16)14-11(17)9-7(15)4-3-5-13-9/h3-6,8,15H,1-2H3,(H2,12,16)(H,14,17). The van der Waals surface area contributed by atoms with Crippen LogP contribution in [-0.2, 0) is 4.79 Å². The molecule has 0 saturated heterocycles. The Morgan fingerprint density at radius 1 is 1.47 bits per heavy atom. The molecule has 2 amide bonds. The summed E-state index contributed by atoms with van der Waals surface area (Å²) in [6, 6.07) is 2.06. The number of nitrogens with one attached hydrogen (secondary N) is 1. The van der Waals surface area contributed by atoms with E-state index in [1.807, 2.05) is 0 Å². The molecule has 0 saturated carbocycles. The lowest BCUT2D eigenvalue weighted by Crippen LogP contribution is -2.47.